The smallest absolute Gasteiger partial charge is 0.255 e. The molecule has 1 saturated carbocycles. The number of hydrogen-bond acceptors (Lipinski definition) is 5. The average Bonchev–Trinajstić information content (AvgIpc) is 2.89. The van der Waals surface area contributed by atoms with Crippen molar-refractivity contribution < 1.29 is 14.4 Å². The molecule has 3 amide bonds. The fourth-order valence-electron chi connectivity index (χ4n) is 4.86. The Labute approximate surface area is 157 Å². The lowest BCUT2D eigenvalue weighted by Crippen LogP contribution is -2.68. The lowest BCUT2D eigenvalue weighted by atomic mass is 9.60. The van der Waals surface area contributed by atoms with E-state index in [4.69, 9.17) is 0 Å². The van der Waals surface area contributed by atoms with E-state index < -0.39 is 6.04 Å². The molecule has 1 spiro atoms. The van der Waals surface area contributed by atoms with E-state index in [1.807, 2.05) is 12.1 Å². The van der Waals surface area contributed by atoms with Crippen molar-refractivity contribution in [1.29, 1.82) is 0 Å². The van der Waals surface area contributed by atoms with E-state index in [2.05, 4.69) is 22.0 Å². The number of hydrogen-bond donors (Lipinski definition) is 3. The maximum Gasteiger partial charge on any atom is 0.255 e. The number of rotatable bonds is 4. The molecule has 2 saturated heterocycles. The summed E-state index contributed by atoms with van der Waals surface area (Å²) >= 11 is 0. The highest BCUT2D eigenvalue weighted by molar-refractivity contribution is 6.05. The van der Waals surface area contributed by atoms with Crippen molar-refractivity contribution in [3.63, 3.8) is 0 Å². The van der Waals surface area contributed by atoms with E-state index in [9.17, 15) is 14.4 Å². The Morgan fingerprint density at radius 3 is 2.70 bits per heavy atom. The first-order chi connectivity index (χ1) is 13.1. The molecule has 2 unspecified atom stereocenters. The lowest BCUT2D eigenvalue weighted by molar-refractivity contribution is -0.136. The van der Waals surface area contributed by atoms with Crippen LogP contribution in [-0.4, -0.2) is 47.8 Å². The second kappa shape index (κ2) is 6.14. The molecule has 0 bridgehead atoms. The molecule has 3 heterocycles. The van der Waals surface area contributed by atoms with Crippen LogP contribution in [0.1, 0.15) is 47.2 Å². The molecule has 3 fully saturated rings. The van der Waals surface area contributed by atoms with E-state index in [-0.39, 0.29) is 24.1 Å². The van der Waals surface area contributed by atoms with Crippen LogP contribution >= 0.6 is 0 Å². The summed E-state index contributed by atoms with van der Waals surface area (Å²) in [6.45, 7) is 3.46. The summed E-state index contributed by atoms with van der Waals surface area (Å²) in [7, 11) is 0. The Balaban J connectivity index is 1.26. The predicted octanol–water partition coefficient (Wildman–Crippen LogP) is 0.289. The Hall–Kier alpha value is -2.25. The molecule has 7 heteroatoms. The topological polar surface area (TPSA) is 90.5 Å². The van der Waals surface area contributed by atoms with Gasteiger partial charge in [-0.3, -0.25) is 19.7 Å². The minimum atomic E-state index is -0.551. The van der Waals surface area contributed by atoms with Gasteiger partial charge in [-0.25, -0.2) is 0 Å². The number of amides is 3. The van der Waals surface area contributed by atoms with Crippen molar-refractivity contribution in [2.45, 2.75) is 50.9 Å². The predicted molar refractivity (Wildman–Crippen MR) is 97.7 cm³/mol. The standard InChI is InChI=1S/C20H24N4O3/c25-17-4-3-15(18(26)23-17)24-9-13-7-12(1-2-14(13)19(24)27)8-22-16-5-6-20(16)10-21-11-20/h1-2,7,15-16,21-22H,3-6,8-11H2,(H,23,25,26). The molecular formula is C20H24N4O3. The number of piperidine rings is 1. The normalized spacial score (nSPS) is 28.6. The number of nitrogens with zero attached hydrogens (tertiary/aromatic N) is 1. The van der Waals surface area contributed by atoms with Crippen molar-refractivity contribution in [2.24, 2.45) is 5.41 Å². The van der Waals surface area contributed by atoms with Crippen molar-refractivity contribution in [3.8, 4) is 0 Å². The van der Waals surface area contributed by atoms with Crippen LogP contribution < -0.4 is 16.0 Å². The van der Waals surface area contributed by atoms with Gasteiger partial charge in [-0.1, -0.05) is 12.1 Å². The minimum Gasteiger partial charge on any atom is -0.322 e. The molecular weight excluding hydrogens is 344 g/mol. The number of imide groups is 1. The van der Waals surface area contributed by atoms with Gasteiger partial charge in [-0.15, -0.1) is 0 Å². The van der Waals surface area contributed by atoms with Gasteiger partial charge in [-0.2, -0.15) is 0 Å². The molecule has 3 aliphatic heterocycles. The maximum atomic E-state index is 12.7. The van der Waals surface area contributed by atoms with Crippen LogP contribution in [-0.2, 0) is 22.7 Å². The molecule has 4 aliphatic rings. The van der Waals surface area contributed by atoms with Crippen molar-refractivity contribution in [1.82, 2.24) is 20.9 Å². The van der Waals surface area contributed by atoms with Gasteiger partial charge in [0.25, 0.3) is 5.91 Å². The molecule has 7 nitrogen and oxygen atoms in total. The number of carbonyl (C=O) groups is 3. The zero-order chi connectivity index (χ0) is 18.6. The first-order valence-corrected chi connectivity index (χ1v) is 9.76. The van der Waals surface area contributed by atoms with Crippen LogP contribution in [0.15, 0.2) is 18.2 Å². The summed E-state index contributed by atoms with van der Waals surface area (Å²) < 4.78 is 0. The molecule has 3 N–H and O–H groups in total. The molecule has 27 heavy (non-hydrogen) atoms. The third-order valence-electron chi connectivity index (χ3n) is 6.76. The highest BCUT2D eigenvalue weighted by Gasteiger charge is 2.50. The zero-order valence-corrected chi connectivity index (χ0v) is 15.2. The summed E-state index contributed by atoms with van der Waals surface area (Å²) in [5, 5.41) is 9.40. The Morgan fingerprint density at radius 2 is 2.04 bits per heavy atom. The number of carbonyl (C=O) groups excluding carboxylic acids is 3. The van der Waals surface area contributed by atoms with Gasteiger partial charge in [-0.05, 0) is 36.5 Å². The fourth-order valence-corrected chi connectivity index (χ4v) is 4.86. The third kappa shape index (κ3) is 2.68. The Kier molecular flexibility index (Phi) is 3.84. The summed E-state index contributed by atoms with van der Waals surface area (Å²) in [5.74, 6) is -0.736. The summed E-state index contributed by atoms with van der Waals surface area (Å²) in [6.07, 6.45) is 3.21. The van der Waals surface area contributed by atoms with Gasteiger partial charge in [0.05, 0.1) is 0 Å². The summed E-state index contributed by atoms with van der Waals surface area (Å²) in [6, 6.07) is 5.99. The quantitative estimate of drug-likeness (QED) is 0.665. The van der Waals surface area contributed by atoms with Gasteiger partial charge >= 0.3 is 0 Å². The molecule has 2 atom stereocenters. The van der Waals surface area contributed by atoms with Gasteiger partial charge in [0.1, 0.15) is 6.04 Å². The average molecular weight is 368 g/mol. The fraction of sp³-hybridized carbons (Fsp3) is 0.550. The van der Waals surface area contributed by atoms with Gasteiger partial charge in [0.15, 0.2) is 0 Å². The molecule has 142 valence electrons. The SMILES string of the molecule is O=C1CCC(N2Cc3cc(CNC4CCC45CNC5)ccc3C2=O)C(=O)N1. The third-order valence-corrected chi connectivity index (χ3v) is 6.76. The Morgan fingerprint density at radius 1 is 1.19 bits per heavy atom. The number of nitrogens with one attached hydrogen (secondary N) is 3. The molecule has 1 aromatic rings. The second-order valence-electron chi connectivity index (χ2n) is 8.33. The van der Waals surface area contributed by atoms with Gasteiger partial charge in [0, 0.05) is 49.6 Å². The van der Waals surface area contributed by atoms with Crippen LogP contribution in [0.25, 0.3) is 0 Å². The van der Waals surface area contributed by atoms with E-state index >= 15 is 0 Å². The monoisotopic (exact) mass is 368 g/mol. The first-order valence-electron chi connectivity index (χ1n) is 9.76. The van der Waals surface area contributed by atoms with E-state index in [0.717, 1.165) is 25.2 Å². The van der Waals surface area contributed by atoms with Crippen LogP contribution in [0.4, 0.5) is 0 Å². The van der Waals surface area contributed by atoms with Crippen molar-refractivity contribution in [3.05, 3.63) is 34.9 Å². The van der Waals surface area contributed by atoms with Crippen LogP contribution in [0.5, 0.6) is 0 Å². The molecule has 5 rings (SSSR count). The highest BCUT2D eigenvalue weighted by Crippen LogP contribution is 2.44. The van der Waals surface area contributed by atoms with E-state index in [0.29, 0.717) is 30.0 Å². The van der Waals surface area contributed by atoms with Gasteiger partial charge < -0.3 is 15.5 Å². The lowest BCUT2D eigenvalue weighted by Gasteiger charge is -2.56. The maximum absolute atomic E-state index is 12.7. The first kappa shape index (κ1) is 16.9. The zero-order valence-electron chi connectivity index (χ0n) is 15.2. The minimum absolute atomic E-state index is 0.113. The highest BCUT2D eigenvalue weighted by atomic mass is 16.2. The van der Waals surface area contributed by atoms with Crippen LogP contribution in [0.2, 0.25) is 0 Å². The summed E-state index contributed by atoms with van der Waals surface area (Å²) in [5.41, 5.74) is 3.28. The molecule has 0 aromatic heterocycles. The van der Waals surface area contributed by atoms with Gasteiger partial charge in [0.2, 0.25) is 11.8 Å². The number of benzene rings is 1. The summed E-state index contributed by atoms with van der Waals surface area (Å²) in [4.78, 5) is 37.8. The van der Waals surface area contributed by atoms with Crippen molar-refractivity contribution in [2.75, 3.05) is 13.1 Å². The second-order valence-corrected chi connectivity index (χ2v) is 8.33. The molecule has 0 radical (unpaired) electrons. The van der Waals surface area contributed by atoms with E-state index in [1.54, 1.807) is 4.90 Å². The largest absolute Gasteiger partial charge is 0.322 e. The molecule has 1 aromatic carbocycles. The molecule has 1 aliphatic carbocycles. The van der Waals surface area contributed by atoms with Crippen molar-refractivity contribution >= 4 is 17.7 Å². The van der Waals surface area contributed by atoms with Crippen LogP contribution in [0, 0.1) is 5.41 Å². The van der Waals surface area contributed by atoms with E-state index in [1.165, 1.54) is 18.4 Å². The Bertz CT molecular complexity index is 827. The number of fused-ring (bicyclic) bond motifs is 1. The van der Waals surface area contributed by atoms with Crippen LogP contribution in [0.3, 0.4) is 0 Å².